The third-order valence-corrected chi connectivity index (χ3v) is 4.92. The maximum atomic E-state index is 14.5. The van der Waals surface area contributed by atoms with E-state index < -0.39 is 40.0 Å². The molecule has 3 aromatic rings. The second kappa shape index (κ2) is 6.62. The van der Waals surface area contributed by atoms with Gasteiger partial charge in [-0.25, -0.2) is 18.4 Å². The molecule has 1 atom stereocenters. The molecule has 0 amide bonds. The zero-order valence-corrected chi connectivity index (χ0v) is 15.8. The molecule has 0 N–H and O–H groups in total. The summed E-state index contributed by atoms with van der Waals surface area (Å²) in [6.45, 7) is 3.21. The molecular weight excluding hydrogens is 415 g/mol. The van der Waals surface area contributed by atoms with Gasteiger partial charge < -0.3 is 0 Å². The van der Waals surface area contributed by atoms with Gasteiger partial charge >= 0.3 is 6.18 Å². The van der Waals surface area contributed by atoms with Crippen molar-refractivity contribution >= 4 is 17.3 Å². The number of aryl methyl sites for hydroxylation is 1. The number of aromatic nitrogens is 3. The number of hydrogen-bond acceptors (Lipinski definition) is 3. The van der Waals surface area contributed by atoms with Crippen LogP contribution in [0.15, 0.2) is 35.3 Å². The van der Waals surface area contributed by atoms with Crippen LogP contribution >= 0.6 is 11.6 Å². The number of nitrogens with zero attached hydrogens (tertiary/aromatic N) is 4. The monoisotopic (exact) mass is 426 g/mol. The maximum absolute atomic E-state index is 14.5. The summed E-state index contributed by atoms with van der Waals surface area (Å²) >= 11 is 6.15. The Bertz CT molecular complexity index is 1150. The van der Waals surface area contributed by atoms with E-state index in [4.69, 9.17) is 11.6 Å². The molecule has 0 aliphatic carbocycles. The number of fused-ring (bicyclic) bond motifs is 3. The number of aliphatic imine (C=N–C) groups is 1. The SMILES string of the molecule is Cc1nc2n(n1)-c1ccc(C(F)(F)F)c(Cl)c1C(c1c(F)cccc1F)=N[C@H]2C. The van der Waals surface area contributed by atoms with Crippen LogP contribution in [0.2, 0.25) is 5.02 Å². The summed E-state index contributed by atoms with van der Waals surface area (Å²) in [5.41, 5.74) is -2.20. The number of rotatable bonds is 1. The first-order chi connectivity index (χ1) is 13.6. The van der Waals surface area contributed by atoms with Crippen molar-refractivity contribution in [1.29, 1.82) is 0 Å². The minimum absolute atomic E-state index is 0.101. The van der Waals surface area contributed by atoms with E-state index in [1.165, 1.54) is 4.68 Å². The van der Waals surface area contributed by atoms with E-state index in [0.717, 1.165) is 30.3 Å². The summed E-state index contributed by atoms with van der Waals surface area (Å²) in [4.78, 5) is 8.57. The molecule has 1 aromatic heterocycles. The van der Waals surface area contributed by atoms with Crippen LogP contribution in [0.4, 0.5) is 22.0 Å². The Labute approximate surface area is 166 Å². The van der Waals surface area contributed by atoms with E-state index in [9.17, 15) is 22.0 Å². The summed E-state index contributed by atoms with van der Waals surface area (Å²) in [5, 5.41) is 3.50. The van der Waals surface area contributed by atoms with Crippen LogP contribution in [0.25, 0.3) is 5.69 Å². The third kappa shape index (κ3) is 3.09. The predicted molar refractivity (Wildman–Crippen MR) is 96.5 cm³/mol. The van der Waals surface area contributed by atoms with E-state index in [0.29, 0.717) is 11.6 Å². The Hall–Kier alpha value is -2.81. The molecule has 2 heterocycles. The van der Waals surface area contributed by atoms with Crippen molar-refractivity contribution in [2.75, 3.05) is 0 Å². The molecule has 2 aromatic carbocycles. The maximum Gasteiger partial charge on any atom is 0.417 e. The number of hydrogen-bond donors (Lipinski definition) is 0. The molecule has 0 spiro atoms. The van der Waals surface area contributed by atoms with Crippen molar-refractivity contribution < 1.29 is 22.0 Å². The zero-order valence-electron chi connectivity index (χ0n) is 15.0. The van der Waals surface area contributed by atoms with Gasteiger partial charge in [0, 0.05) is 5.56 Å². The molecule has 4 nitrogen and oxygen atoms in total. The average Bonchev–Trinajstić information content (AvgIpc) is 2.96. The van der Waals surface area contributed by atoms with Crippen LogP contribution in [0, 0.1) is 18.6 Å². The fourth-order valence-electron chi connectivity index (χ4n) is 3.30. The van der Waals surface area contributed by atoms with Gasteiger partial charge in [-0.3, -0.25) is 4.99 Å². The average molecular weight is 427 g/mol. The highest BCUT2D eigenvalue weighted by molar-refractivity contribution is 6.37. The Kier molecular flexibility index (Phi) is 4.45. The molecule has 10 heteroatoms. The Morgan fingerprint density at radius 3 is 2.31 bits per heavy atom. The number of halogens is 6. The highest BCUT2D eigenvalue weighted by Crippen LogP contribution is 2.41. The van der Waals surface area contributed by atoms with Gasteiger partial charge in [0.15, 0.2) is 5.82 Å². The Morgan fingerprint density at radius 2 is 1.69 bits per heavy atom. The lowest BCUT2D eigenvalue weighted by molar-refractivity contribution is -0.137. The van der Waals surface area contributed by atoms with Crippen molar-refractivity contribution in [1.82, 2.24) is 14.8 Å². The lowest BCUT2D eigenvalue weighted by Crippen LogP contribution is -2.16. The molecule has 0 radical (unpaired) electrons. The van der Waals surface area contributed by atoms with Crippen molar-refractivity contribution in [3.8, 4) is 5.69 Å². The van der Waals surface area contributed by atoms with E-state index in [1.54, 1.807) is 13.8 Å². The molecule has 0 unspecified atom stereocenters. The van der Waals surface area contributed by atoms with Gasteiger partial charge in [-0.1, -0.05) is 17.7 Å². The summed E-state index contributed by atoms with van der Waals surface area (Å²) in [5.74, 6) is -1.27. The molecule has 0 saturated heterocycles. The molecule has 4 rings (SSSR count). The fraction of sp³-hybridized carbons (Fsp3) is 0.211. The van der Waals surface area contributed by atoms with Gasteiger partial charge in [0.25, 0.3) is 0 Å². The van der Waals surface area contributed by atoms with Crippen LogP contribution in [-0.2, 0) is 6.18 Å². The normalized spacial score (nSPS) is 16.1. The molecule has 1 aliphatic heterocycles. The van der Waals surface area contributed by atoms with Gasteiger partial charge in [0.05, 0.1) is 27.5 Å². The largest absolute Gasteiger partial charge is 0.417 e. The van der Waals surface area contributed by atoms with E-state index >= 15 is 0 Å². The minimum Gasteiger partial charge on any atom is -0.273 e. The fourth-order valence-corrected chi connectivity index (χ4v) is 3.65. The smallest absolute Gasteiger partial charge is 0.273 e. The highest BCUT2D eigenvalue weighted by atomic mass is 35.5. The van der Waals surface area contributed by atoms with Crippen LogP contribution in [0.1, 0.15) is 41.3 Å². The molecule has 150 valence electrons. The molecule has 1 aliphatic rings. The summed E-state index contributed by atoms with van der Waals surface area (Å²) in [6.07, 6.45) is -4.77. The third-order valence-electron chi connectivity index (χ3n) is 4.52. The van der Waals surface area contributed by atoms with Crippen LogP contribution in [0.5, 0.6) is 0 Å². The first-order valence-corrected chi connectivity index (χ1v) is 8.83. The number of benzene rings is 2. The number of alkyl halides is 3. The van der Waals surface area contributed by atoms with Crippen LogP contribution in [0.3, 0.4) is 0 Å². The topological polar surface area (TPSA) is 43.1 Å². The summed E-state index contributed by atoms with van der Waals surface area (Å²) < 4.78 is 70.8. The molecular formula is C19H12ClF5N4. The zero-order chi connectivity index (χ0) is 21.1. The van der Waals surface area contributed by atoms with Gasteiger partial charge in [-0.05, 0) is 38.1 Å². The lowest BCUT2D eigenvalue weighted by atomic mass is 9.97. The molecule has 0 saturated carbocycles. The molecule has 0 fully saturated rings. The van der Waals surface area contributed by atoms with Gasteiger partial charge in [-0.2, -0.15) is 18.3 Å². The second-order valence-electron chi connectivity index (χ2n) is 6.50. The second-order valence-corrected chi connectivity index (χ2v) is 6.88. The highest BCUT2D eigenvalue weighted by Gasteiger charge is 2.38. The standard InChI is InChI=1S/C19H12ClF5N4/c1-8-18-27-9(2)28-29(18)13-7-6-10(19(23,24)25)16(20)15(13)17(26-8)14-11(21)4-3-5-12(14)22/h3-8H,1-2H3/t8-/m0/s1. The minimum atomic E-state index is -4.77. The van der Waals surface area contributed by atoms with Crippen LogP contribution < -0.4 is 0 Å². The van der Waals surface area contributed by atoms with E-state index in [2.05, 4.69) is 15.1 Å². The van der Waals surface area contributed by atoms with Crippen molar-refractivity contribution in [3.63, 3.8) is 0 Å². The Balaban J connectivity index is 2.14. The first-order valence-electron chi connectivity index (χ1n) is 8.45. The molecule has 0 bridgehead atoms. The Morgan fingerprint density at radius 1 is 1.03 bits per heavy atom. The van der Waals surface area contributed by atoms with Crippen molar-refractivity contribution in [3.05, 3.63) is 75.3 Å². The van der Waals surface area contributed by atoms with Gasteiger partial charge in [-0.15, -0.1) is 0 Å². The quantitative estimate of drug-likeness (QED) is 0.486. The summed E-state index contributed by atoms with van der Waals surface area (Å²) in [7, 11) is 0. The predicted octanol–water partition coefficient (Wildman–Crippen LogP) is 5.44. The summed E-state index contributed by atoms with van der Waals surface area (Å²) in [6, 6.07) is 4.35. The van der Waals surface area contributed by atoms with E-state index in [1.807, 2.05) is 0 Å². The first kappa shape index (κ1) is 19.5. The molecule has 29 heavy (non-hydrogen) atoms. The van der Waals surface area contributed by atoms with E-state index in [-0.39, 0.29) is 17.0 Å². The van der Waals surface area contributed by atoms with Crippen molar-refractivity contribution in [2.24, 2.45) is 4.99 Å². The van der Waals surface area contributed by atoms with Crippen molar-refractivity contribution in [2.45, 2.75) is 26.1 Å². The van der Waals surface area contributed by atoms with Gasteiger partial charge in [0.2, 0.25) is 0 Å². The van der Waals surface area contributed by atoms with Gasteiger partial charge in [0.1, 0.15) is 23.5 Å². The van der Waals surface area contributed by atoms with Crippen LogP contribution in [-0.4, -0.2) is 20.5 Å². The lowest BCUT2D eigenvalue weighted by Gasteiger charge is -2.17.